The number of hydrogen-bond acceptors (Lipinski definition) is 10. The third-order valence-corrected chi connectivity index (χ3v) is 21.8. The number of allylic oxidation sites excluding steroid dienone is 9. The molecule has 3 aromatic heterocycles. The Kier molecular flexibility index (Phi) is 32.8. The van der Waals surface area contributed by atoms with E-state index in [1.54, 1.807) is 39.8 Å². The molecule has 0 saturated heterocycles. The Labute approximate surface area is 554 Å². The summed E-state index contributed by atoms with van der Waals surface area (Å²) in [6, 6.07) is 12.4. The Morgan fingerprint density at radius 3 is 1.25 bits per heavy atom. The van der Waals surface area contributed by atoms with Gasteiger partial charge in [-0.15, -0.1) is 40.9 Å². The minimum absolute atomic E-state index is 0. The van der Waals surface area contributed by atoms with Gasteiger partial charge < -0.3 is 31.6 Å². The first kappa shape index (κ1) is 82.0. The number of ketones is 1. The summed E-state index contributed by atoms with van der Waals surface area (Å²) in [4.78, 5) is 23.5. The maximum Gasteiger partial charge on any atom is 2.00 e. The molecule has 2 unspecified atom stereocenters. The Bertz CT molecular complexity index is 3420. The fraction of sp³-hybridized carbons (Fsp3) is 0.470. The Hall–Kier alpha value is -3.98. The van der Waals surface area contributed by atoms with E-state index in [0.717, 1.165) is 65.1 Å². The standard InChI is InChI=1S/C26H38F3NO2SSi.C20H24F3NOS.C10H6F3NOS.C10H17.BrH.Mg/c1-18(10-9-11-19(2)17-32-34(7,8)24(4,5)6)14-15-25(31,26(27,28)29)21-12-13-23-22(16-21)30-20(3)33-23;1-13(2)6-5-7-14(3)10-11-19(25,20(21,22)23)16-8-9-18-17(12-16)24-15(4)26-18;1-5-14-7-4-6(2-3-8(7)16-5)9(15)10(11,12)13;1-5-10(4)8-6-7-9(2)3;;/h11-14,16,31H,9-10,15,17H2,1-8H3;6,8-10,12,25H,5,7,11H2,1-4H3;2-4H,1H3;5,7H,1,6,8H2,2-4H3;1H;/q;;;-1;;+2/p-1/b18-14-,19-11+;14-10-;;10-5-;;. The van der Waals surface area contributed by atoms with E-state index in [-0.39, 0.29) is 61.8 Å². The van der Waals surface area contributed by atoms with Gasteiger partial charge in [0.05, 0.1) is 52.3 Å². The first-order valence-electron chi connectivity index (χ1n) is 28.2. The molecule has 482 valence electrons. The summed E-state index contributed by atoms with van der Waals surface area (Å²) >= 11 is 4.21. The fourth-order valence-electron chi connectivity index (χ4n) is 7.98. The number of carbonyl (C=O) groups excluding carboxylic acids is 1. The molecule has 6 aromatic rings. The van der Waals surface area contributed by atoms with E-state index in [9.17, 15) is 54.5 Å². The predicted octanol–water partition coefficient (Wildman–Crippen LogP) is 18.4. The van der Waals surface area contributed by atoms with Gasteiger partial charge in [0.15, 0.2) is 19.5 Å². The first-order chi connectivity index (χ1) is 39.5. The van der Waals surface area contributed by atoms with Gasteiger partial charge in [-0.1, -0.05) is 97.6 Å². The normalized spacial score (nSPS) is 14.2. The van der Waals surface area contributed by atoms with Crippen molar-refractivity contribution in [2.24, 2.45) is 0 Å². The molecule has 0 saturated carbocycles. The van der Waals surface area contributed by atoms with Crippen LogP contribution >= 0.6 is 34.0 Å². The van der Waals surface area contributed by atoms with Crippen LogP contribution < -0.4 is 17.0 Å². The molecular formula is C66H85BrF9MgN3O4S3Si. The number of fused-ring (bicyclic) bond motifs is 3. The smallest absolute Gasteiger partial charge is 1.00 e. The summed E-state index contributed by atoms with van der Waals surface area (Å²) < 4.78 is 128. The number of alkyl halides is 9. The topological polar surface area (TPSA) is 105 Å². The SMILES string of the molecule is C/C(=C/CC(O)(c1ccc2sc(C)nc2c1)C(F)(F)F)CC/C=C(\C)CO[Si](C)(C)C(C)(C)C.CC(C)=CCC/C(C)=C\CC(O)(c1ccc2sc(C)nc2c1)C(F)(F)F.Cc1nc2cc(C(=O)C(F)(F)F)ccc2s1.[Br-].[CH2-]/C=C(/C)CCC=C(C)C.[Mg+2]. The predicted molar refractivity (Wildman–Crippen MR) is 348 cm³/mol. The van der Waals surface area contributed by atoms with Crippen molar-refractivity contribution in [1.29, 1.82) is 0 Å². The third kappa shape index (κ3) is 25.3. The molecule has 88 heavy (non-hydrogen) atoms. The number of Topliss-reactive ketones (excluding diaryl/α,β-unsaturated/α-hetero) is 1. The minimum Gasteiger partial charge on any atom is -1.00 e. The van der Waals surface area contributed by atoms with E-state index in [1.807, 2.05) is 39.8 Å². The van der Waals surface area contributed by atoms with Crippen molar-refractivity contribution < 1.29 is 75.9 Å². The van der Waals surface area contributed by atoms with Crippen molar-refractivity contribution in [1.82, 2.24) is 15.0 Å². The van der Waals surface area contributed by atoms with Crippen LogP contribution in [0, 0.1) is 27.7 Å². The molecule has 7 nitrogen and oxygen atoms in total. The van der Waals surface area contributed by atoms with E-state index in [2.05, 4.69) is 88.7 Å². The first-order valence-corrected chi connectivity index (χ1v) is 33.5. The minimum atomic E-state index is -4.83. The van der Waals surface area contributed by atoms with Crippen LogP contribution in [0.25, 0.3) is 30.6 Å². The van der Waals surface area contributed by atoms with Gasteiger partial charge in [0.25, 0.3) is 5.78 Å². The molecule has 6 rings (SSSR count). The van der Waals surface area contributed by atoms with Crippen LogP contribution in [0.1, 0.15) is 164 Å². The molecule has 0 fully saturated rings. The van der Waals surface area contributed by atoms with Gasteiger partial charge in [-0.3, -0.25) is 4.79 Å². The molecule has 0 aliphatic rings. The second-order valence-electron chi connectivity index (χ2n) is 23.6. The monoisotopic (exact) mass is 1380 g/mol. The average Bonchev–Trinajstić information content (AvgIpc) is 3.85. The van der Waals surface area contributed by atoms with E-state index in [4.69, 9.17) is 4.43 Å². The summed E-state index contributed by atoms with van der Waals surface area (Å²) in [5.74, 6) is -1.83. The van der Waals surface area contributed by atoms with Crippen LogP contribution in [-0.4, -0.2) is 87.5 Å². The molecule has 3 heterocycles. The zero-order chi connectivity index (χ0) is 65.4. The fourth-order valence-corrected chi connectivity index (χ4v) is 11.4. The molecule has 0 amide bonds. The van der Waals surface area contributed by atoms with Crippen molar-refractivity contribution in [3.8, 4) is 0 Å². The summed E-state index contributed by atoms with van der Waals surface area (Å²) in [5.41, 5.74) is 1.50. The number of aryl methyl sites for hydroxylation is 3. The number of benzene rings is 3. The number of nitrogens with zero attached hydrogens (tertiary/aromatic N) is 3. The van der Waals surface area contributed by atoms with Gasteiger partial charge >= 0.3 is 41.6 Å². The molecule has 2 N–H and O–H groups in total. The summed E-state index contributed by atoms with van der Waals surface area (Å²) in [5, 5.41) is 23.7. The van der Waals surface area contributed by atoms with Crippen molar-refractivity contribution in [3.05, 3.63) is 163 Å². The van der Waals surface area contributed by atoms with E-state index < -0.39 is 56.7 Å². The summed E-state index contributed by atoms with van der Waals surface area (Å²) in [6.45, 7) is 36.6. The number of carbonyl (C=O) groups is 1. The Morgan fingerprint density at radius 1 is 0.557 bits per heavy atom. The molecule has 2 atom stereocenters. The van der Waals surface area contributed by atoms with Gasteiger partial charge in [0.2, 0.25) is 0 Å². The van der Waals surface area contributed by atoms with E-state index in [0.29, 0.717) is 42.4 Å². The number of hydrogen-bond donors (Lipinski definition) is 2. The molecule has 0 aliphatic heterocycles. The van der Waals surface area contributed by atoms with Crippen LogP contribution in [0.4, 0.5) is 39.5 Å². The molecular weight excluding hydrogens is 1300 g/mol. The van der Waals surface area contributed by atoms with Crippen molar-refractivity contribution in [2.45, 2.75) is 196 Å². The second kappa shape index (κ2) is 35.2. The third-order valence-electron chi connectivity index (χ3n) is 14.4. The zero-order valence-electron chi connectivity index (χ0n) is 53.5. The van der Waals surface area contributed by atoms with Gasteiger partial charge in [-0.25, -0.2) is 33.5 Å². The Balaban J connectivity index is 0.000000631. The van der Waals surface area contributed by atoms with Crippen LogP contribution in [0.2, 0.25) is 18.1 Å². The second-order valence-corrected chi connectivity index (χ2v) is 32.1. The van der Waals surface area contributed by atoms with Crippen LogP contribution in [-0.2, 0) is 15.6 Å². The van der Waals surface area contributed by atoms with Gasteiger partial charge in [-0.2, -0.15) is 39.5 Å². The molecule has 22 heteroatoms. The number of aromatic nitrogens is 3. The maximum atomic E-state index is 14.0. The van der Waals surface area contributed by atoms with Crippen LogP contribution in [0.5, 0.6) is 0 Å². The molecule has 0 radical (unpaired) electrons. The average molecular weight is 1380 g/mol. The largest absolute Gasteiger partial charge is 2.00 e. The zero-order valence-corrected chi connectivity index (χ0v) is 59.9. The maximum absolute atomic E-state index is 14.0. The van der Waals surface area contributed by atoms with Crippen molar-refractivity contribution in [2.75, 3.05) is 6.61 Å². The van der Waals surface area contributed by atoms with Gasteiger partial charge in [0, 0.05) is 18.4 Å². The van der Waals surface area contributed by atoms with Gasteiger partial charge in [0.1, 0.15) is 0 Å². The van der Waals surface area contributed by atoms with Crippen LogP contribution in [0.3, 0.4) is 0 Å². The molecule has 0 bridgehead atoms. The number of halogens is 10. The molecule has 0 aliphatic carbocycles. The molecule has 0 spiro atoms. The summed E-state index contributed by atoms with van der Waals surface area (Å²) in [7, 11) is -1.82. The van der Waals surface area contributed by atoms with E-state index in [1.165, 1.54) is 105 Å². The van der Waals surface area contributed by atoms with Crippen molar-refractivity contribution in [3.63, 3.8) is 0 Å². The number of aliphatic hydroxyl groups is 2. The summed E-state index contributed by atoms with van der Waals surface area (Å²) in [6.07, 6.45) is 0.927. The quantitative estimate of drug-likeness (QED) is 0.0274. The Morgan fingerprint density at radius 2 is 0.909 bits per heavy atom. The number of rotatable bonds is 19. The van der Waals surface area contributed by atoms with E-state index >= 15 is 0 Å². The molecule has 3 aromatic carbocycles. The number of thiazole rings is 3. The van der Waals surface area contributed by atoms with Gasteiger partial charge in [-0.05, 0) is 173 Å². The van der Waals surface area contributed by atoms with Crippen molar-refractivity contribution >= 4 is 102 Å². The van der Waals surface area contributed by atoms with Crippen LogP contribution in [0.15, 0.2) is 124 Å².